The largest absolute Gasteiger partial charge is 0.482 e. The predicted octanol–water partition coefficient (Wildman–Crippen LogP) is 5.34. The summed E-state index contributed by atoms with van der Waals surface area (Å²) in [7, 11) is 0. The van der Waals surface area contributed by atoms with Crippen LogP contribution >= 0.6 is 23.4 Å². The number of thioether (sulfide) groups is 1. The summed E-state index contributed by atoms with van der Waals surface area (Å²) >= 11 is 7.26. The van der Waals surface area contributed by atoms with E-state index in [0.717, 1.165) is 17.1 Å². The third-order valence-electron chi connectivity index (χ3n) is 4.73. The lowest BCUT2D eigenvalue weighted by molar-refractivity contribution is 0.102. The molecular formula is C22H20ClN3O4S. The molecule has 0 fully saturated rings. The number of ketones is 1. The molecule has 7 nitrogen and oxygen atoms in total. The molecule has 0 aliphatic heterocycles. The maximum absolute atomic E-state index is 12.8. The first kappa shape index (κ1) is 21.3. The molecule has 9 heteroatoms. The number of carbonyl (C=O) groups is 1. The van der Waals surface area contributed by atoms with Gasteiger partial charge in [-0.2, -0.15) is 0 Å². The first-order valence-electron chi connectivity index (χ1n) is 9.56. The SMILES string of the molecule is Cc1cc(C(=O)CSc2nnc(COc3ccccc3Cl)o2)c(C)n1Cc1ccco1. The maximum Gasteiger partial charge on any atom is 0.277 e. The number of aryl methyl sites for hydroxylation is 1. The van der Waals surface area contributed by atoms with E-state index >= 15 is 0 Å². The van der Waals surface area contributed by atoms with E-state index < -0.39 is 0 Å². The Morgan fingerprint density at radius 1 is 1.19 bits per heavy atom. The van der Waals surface area contributed by atoms with Gasteiger partial charge in [0, 0.05) is 17.0 Å². The van der Waals surface area contributed by atoms with E-state index in [1.54, 1.807) is 18.4 Å². The molecule has 3 heterocycles. The van der Waals surface area contributed by atoms with E-state index in [0.29, 0.717) is 34.0 Å². The van der Waals surface area contributed by atoms with Crippen molar-refractivity contribution in [3.05, 3.63) is 82.4 Å². The van der Waals surface area contributed by atoms with Gasteiger partial charge in [-0.05, 0) is 44.2 Å². The van der Waals surface area contributed by atoms with E-state index in [1.807, 2.05) is 44.2 Å². The second kappa shape index (κ2) is 9.45. The highest BCUT2D eigenvalue weighted by Crippen LogP contribution is 2.25. The molecule has 0 radical (unpaired) electrons. The van der Waals surface area contributed by atoms with E-state index in [9.17, 15) is 4.79 Å². The van der Waals surface area contributed by atoms with Crippen molar-refractivity contribution in [3.8, 4) is 5.75 Å². The topological polar surface area (TPSA) is 83.3 Å². The van der Waals surface area contributed by atoms with E-state index in [2.05, 4.69) is 14.8 Å². The number of rotatable bonds is 9. The highest BCUT2D eigenvalue weighted by molar-refractivity contribution is 7.99. The molecule has 0 atom stereocenters. The van der Waals surface area contributed by atoms with Gasteiger partial charge in [0.15, 0.2) is 12.4 Å². The van der Waals surface area contributed by atoms with Gasteiger partial charge in [-0.25, -0.2) is 0 Å². The van der Waals surface area contributed by atoms with Crippen molar-refractivity contribution in [1.82, 2.24) is 14.8 Å². The van der Waals surface area contributed by atoms with Gasteiger partial charge >= 0.3 is 0 Å². The molecule has 0 amide bonds. The molecule has 0 unspecified atom stereocenters. The molecule has 0 aliphatic rings. The molecule has 160 valence electrons. The van der Waals surface area contributed by atoms with Crippen molar-refractivity contribution in [2.45, 2.75) is 32.2 Å². The van der Waals surface area contributed by atoms with E-state index in [4.69, 9.17) is 25.2 Å². The highest BCUT2D eigenvalue weighted by Gasteiger charge is 2.18. The van der Waals surface area contributed by atoms with Crippen LogP contribution < -0.4 is 4.74 Å². The molecule has 0 aliphatic carbocycles. The predicted molar refractivity (Wildman–Crippen MR) is 117 cm³/mol. The number of aromatic nitrogens is 3. The van der Waals surface area contributed by atoms with Crippen LogP contribution in [0.25, 0.3) is 0 Å². The average molecular weight is 458 g/mol. The molecule has 0 spiro atoms. The van der Waals surface area contributed by atoms with Crippen molar-refractivity contribution in [2.75, 3.05) is 5.75 Å². The van der Waals surface area contributed by atoms with E-state index in [-0.39, 0.29) is 18.1 Å². The van der Waals surface area contributed by atoms with Gasteiger partial charge in [0.25, 0.3) is 11.1 Å². The number of furan rings is 1. The molecule has 0 saturated heterocycles. The molecule has 1 aromatic carbocycles. The van der Waals surface area contributed by atoms with Crippen LogP contribution in [0.3, 0.4) is 0 Å². The van der Waals surface area contributed by atoms with Crippen LogP contribution in [0.2, 0.25) is 5.02 Å². The standard InChI is InChI=1S/C22H20ClN3O4S/c1-14-10-17(15(2)26(14)11-16-6-5-9-28-16)19(27)13-31-22-25-24-21(30-22)12-29-20-8-4-3-7-18(20)23/h3-10H,11-13H2,1-2H3. The smallest absolute Gasteiger partial charge is 0.277 e. The molecule has 4 aromatic rings. The number of para-hydroxylation sites is 1. The zero-order valence-electron chi connectivity index (χ0n) is 17.0. The van der Waals surface area contributed by atoms with Crippen molar-refractivity contribution in [1.29, 1.82) is 0 Å². The second-order valence-electron chi connectivity index (χ2n) is 6.84. The monoisotopic (exact) mass is 457 g/mol. The van der Waals surface area contributed by atoms with Crippen molar-refractivity contribution < 1.29 is 18.4 Å². The Morgan fingerprint density at radius 3 is 2.81 bits per heavy atom. The second-order valence-corrected chi connectivity index (χ2v) is 8.18. The number of hydrogen-bond acceptors (Lipinski definition) is 7. The minimum absolute atomic E-state index is 0.00383. The molecule has 0 bridgehead atoms. The fourth-order valence-electron chi connectivity index (χ4n) is 3.15. The molecule has 31 heavy (non-hydrogen) atoms. The fraction of sp³-hybridized carbons (Fsp3) is 0.227. The Labute approximate surface area is 188 Å². The van der Waals surface area contributed by atoms with Crippen molar-refractivity contribution in [2.24, 2.45) is 0 Å². The third kappa shape index (κ3) is 5.03. The summed E-state index contributed by atoms with van der Waals surface area (Å²) in [4.78, 5) is 12.8. The maximum atomic E-state index is 12.8. The van der Waals surface area contributed by atoms with Crippen LogP contribution in [-0.2, 0) is 13.2 Å². The van der Waals surface area contributed by atoms with Gasteiger partial charge in [0.05, 0.1) is 23.6 Å². The number of ether oxygens (including phenoxy) is 1. The first-order valence-corrected chi connectivity index (χ1v) is 10.9. The third-order valence-corrected chi connectivity index (χ3v) is 5.86. The lowest BCUT2D eigenvalue weighted by Crippen LogP contribution is -2.07. The number of benzene rings is 1. The summed E-state index contributed by atoms with van der Waals surface area (Å²) in [6.45, 7) is 4.59. The summed E-state index contributed by atoms with van der Waals surface area (Å²) in [6.07, 6.45) is 1.64. The van der Waals surface area contributed by atoms with Gasteiger partial charge in [0.1, 0.15) is 11.5 Å². The lowest BCUT2D eigenvalue weighted by Gasteiger charge is -2.07. The number of carbonyl (C=O) groups excluding carboxylic acids is 1. The van der Waals surface area contributed by atoms with Gasteiger partial charge in [-0.3, -0.25) is 4.79 Å². The molecule has 4 rings (SSSR count). The van der Waals surface area contributed by atoms with Crippen LogP contribution in [0.1, 0.15) is 33.4 Å². The molecule has 0 N–H and O–H groups in total. The number of nitrogens with zero attached hydrogens (tertiary/aromatic N) is 3. The van der Waals surface area contributed by atoms with Gasteiger partial charge in [0.2, 0.25) is 0 Å². The summed E-state index contributed by atoms with van der Waals surface area (Å²) in [5.41, 5.74) is 2.58. The Kier molecular flexibility index (Phi) is 6.48. The van der Waals surface area contributed by atoms with Crippen molar-refractivity contribution in [3.63, 3.8) is 0 Å². The first-order chi connectivity index (χ1) is 15.0. The van der Waals surface area contributed by atoms with Crippen LogP contribution in [-0.4, -0.2) is 26.3 Å². The fourth-order valence-corrected chi connectivity index (χ4v) is 4.00. The minimum Gasteiger partial charge on any atom is -0.482 e. The Morgan fingerprint density at radius 2 is 2.03 bits per heavy atom. The summed E-state index contributed by atoms with van der Waals surface area (Å²) in [6, 6.07) is 12.8. The zero-order valence-corrected chi connectivity index (χ0v) is 18.6. The lowest BCUT2D eigenvalue weighted by atomic mass is 10.2. The summed E-state index contributed by atoms with van der Waals surface area (Å²) < 4.78 is 18.6. The molecular weight excluding hydrogens is 438 g/mol. The minimum atomic E-state index is -0.00383. The average Bonchev–Trinajstić information content (AvgIpc) is 3.50. The molecule has 0 saturated carbocycles. The van der Waals surface area contributed by atoms with Crippen LogP contribution in [0.15, 0.2) is 62.8 Å². The highest BCUT2D eigenvalue weighted by atomic mass is 35.5. The quantitative estimate of drug-likeness (QED) is 0.248. The Hall–Kier alpha value is -2.97. The van der Waals surface area contributed by atoms with Crippen LogP contribution in [0.5, 0.6) is 5.75 Å². The van der Waals surface area contributed by atoms with E-state index in [1.165, 1.54) is 11.8 Å². The Bertz CT molecular complexity index is 1180. The zero-order chi connectivity index (χ0) is 21.8. The Balaban J connectivity index is 1.34. The summed E-state index contributed by atoms with van der Waals surface area (Å²) in [5.74, 6) is 1.88. The van der Waals surface area contributed by atoms with Crippen LogP contribution in [0, 0.1) is 13.8 Å². The number of hydrogen-bond donors (Lipinski definition) is 0. The number of Topliss-reactive ketones (excluding diaryl/α,β-unsaturated/α-hetero) is 1. The van der Waals surface area contributed by atoms with Crippen LogP contribution in [0.4, 0.5) is 0 Å². The van der Waals surface area contributed by atoms with Crippen molar-refractivity contribution >= 4 is 29.1 Å². The summed E-state index contributed by atoms with van der Waals surface area (Å²) in [5, 5.41) is 8.75. The normalized spacial score (nSPS) is 11.1. The van der Waals surface area contributed by atoms with Gasteiger partial charge in [-0.1, -0.05) is 35.5 Å². The van der Waals surface area contributed by atoms with Gasteiger partial charge < -0.3 is 18.1 Å². The van der Waals surface area contributed by atoms with Gasteiger partial charge in [-0.15, -0.1) is 10.2 Å². The molecule has 3 aromatic heterocycles. The number of halogens is 1.